The number of hydrogen-bond acceptors (Lipinski definition) is 5. The van der Waals surface area contributed by atoms with Gasteiger partial charge in [-0.3, -0.25) is 0 Å². The minimum atomic E-state index is -0.157. The number of urea groups is 1. The number of thiophene rings is 1. The molecule has 5 nitrogen and oxygen atoms in total. The van der Waals surface area contributed by atoms with Crippen molar-refractivity contribution >= 4 is 28.7 Å². The molecule has 0 fully saturated rings. The van der Waals surface area contributed by atoms with Gasteiger partial charge in [0.1, 0.15) is 0 Å². The van der Waals surface area contributed by atoms with Crippen LogP contribution in [0.25, 0.3) is 10.6 Å². The Hall–Kier alpha value is -1.44. The van der Waals surface area contributed by atoms with Gasteiger partial charge in [0.05, 0.1) is 22.2 Å². The summed E-state index contributed by atoms with van der Waals surface area (Å²) >= 11 is 3.36. The Balaban J connectivity index is 1.82. The Morgan fingerprint density at radius 3 is 2.95 bits per heavy atom. The number of nitrogens with zero attached hydrogens (tertiary/aromatic N) is 2. The lowest BCUT2D eigenvalue weighted by molar-refractivity contribution is 0.190. The van der Waals surface area contributed by atoms with Gasteiger partial charge in [-0.05, 0) is 25.5 Å². The summed E-state index contributed by atoms with van der Waals surface area (Å²) in [6.07, 6.45) is 0.798. The maximum Gasteiger partial charge on any atom is 0.317 e. The van der Waals surface area contributed by atoms with Crippen molar-refractivity contribution in [3.63, 3.8) is 0 Å². The Kier molecular flexibility index (Phi) is 5.72. The molecule has 2 aromatic rings. The predicted molar refractivity (Wildman–Crippen MR) is 87.0 cm³/mol. The minimum absolute atomic E-state index is 0.0226. The first-order valence-corrected chi connectivity index (χ1v) is 8.41. The van der Waals surface area contributed by atoms with Crippen molar-refractivity contribution in [2.45, 2.75) is 13.3 Å². The van der Waals surface area contributed by atoms with Crippen LogP contribution in [0.2, 0.25) is 0 Å². The molecule has 2 rings (SSSR count). The third kappa shape index (κ3) is 4.52. The van der Waals surface area contributed by atoms with E-state index in [1.165, 1.54) is 9.78 Å². The molecule has 0 unspecified atom stereocenters. The summed E-state index contributed by atoms with van der Waals surface area (Å²) in [5.41, 5.74) is 1.03. The molecule has 2 aromatic heterocycles. The molecule has 0 aliphatic rings. The topological polar surface area (TPSA) is 65.5 Å². The van der Waals surface area contributed by atoms with Crippen molar-refractivity contribution in [3.8, 4) is 10.6 Å². The number of aryl methyl sites for hydroxylation is 1. The maximum atomic E-state index is 11.7. The number of rotatable bonds is 6. The second-order valence-electron chi connectivity index (χ2n) is 4.64. The number of amides is 2. The SMILES string of the molecule is Cc1nc(-c2ccc(CCNC(=O)N(C)CCO)s2)cs1. The van der Waals surface area contributed by atoms with Gasteiger partial charge in [0, 0.05) is 30.4 Å². The zero-order valence-electron chi connectivity index (χ0n) is 12.1. The number of nitrogens with one attached hydrogen (secondary N) is 1. The molecule has 0 atom stereocenters. The van der Waals surface area contributed by atoms with Crippen molar-refractivity contribution in [2.24, 2.45) is 0 Å². The van der Waals surface area contributed by atoms with Crippen molar-refractivity contribution < 1.29 is 9.90 Å². The average Bonchev–Trinajstić information content (AvgIpc) is 3.07. The van der Waals surface area contributed by atoms with Crippen molar-refractivity contribution in [1.82, 2.24) is 15.2 Å². The van der Waals surface area contributed by atoms with Crippen LogP contribution in [-0.2, 0) is 6.42 Å². The number of thiazole rings is 1. The number of carbonyl (C=O) groups excluding carboxylic acids is 1. The Morgan fingerprint density at radius 1 is 1.48 bits per heavy atom. The summed E-state index contributed by atoms with van der Waals surface area (Å²) in [5.74, 6) is 0. The maximum absolute atomic E-state index is 11.7. The highest BCUT2D eigenvalue weighted by atomic mass is 32.1. The van der Waals surface area contributed by atoms with Crippen molar-refractivity contribution in [1.29, 1.82) is 0 Å². The predicted octanol–water partition coefficient (Wildman–Crippen LogP) is 2.36. The van der Waals surface area contributed by atoms with E-state index in [2.05, 4.69) is 27.8 Å². The summed E-state index contributed by atoms with van der Waals surface area (Å²) in [7, 11) is 1.67. The third-order valence-electron chi connectivity index (χ3n) is 2.96. The zero-order chi connectivity index (χ0) is 15.2. The first-order valence-electron chi connectivity index (χ1n) is 6.71. The molecule has 0 bridgehead atoms. The molecule has 0 spiro atoms. The van der Waals surface area contributed by atoms with E-state index in [1.807, 2.05) is 6.92 Å². The number of carbonyl (C=O) groups is 1. The summed E-state index contributed by atoms with van der Waals surface area (Å²) in [5, 5.41) is 14.7. The van der Waals surface area contributed by atoms with E-state index >= 15 is 0 Å². The molecule has 0 saturated carbocycles. The zero-order valence-corrected chi connectivity index (χ0v) is 13.8. The average molecular weight is 325 g/mol. The standard InChI is InChI=1S/C14H19N3O2S2/c1-10-16-12(9-20-10)13-4-3-11(21-13)5-6-15-14(19)17(2)7-8-18/h3-4,9,18H,5-8H2,1-2H3,(H,15,19). The fourth-order valence-corrected chi connectivity index (χ4v) is 3.46. The summed E-state index contributed by atoms with van der Waals surface area (Å²) < 4.78 is 0. The van der Waals surface area contributed by atoms with Crippen LogP contribution < -0.4 is 5.32 Å². The van der Waals surface area contributed by atoms with Crippen LogP contribution in [0.4, 0.5) is 4.79 Å². The van der Waals surface area contributed by atoms with Gasteiger partial charge in [-0.15, -0.1) is 22.7 Å². The summed E-state index contributed by atoms with van der Waals surface area (Å²) in [6, 6.07) is 4.00. The van der Waals surface area contributed by atoms with E-state index in [1.54, 1.807) is 29.7 Å². The van der Waals surface area contributed by atoms with Crippen LogP contribution in [-0.4, -0.2) is 47.8 Å². The van der Waals surface area contributed by atoms with E-state index in [9.17, 15) is 4.79 Å². The molecule has 114 valence electrons. The molecular formula is C14H19N3O2S2. The lowest BCUT2D eigenvalue weighted by Crippen LogP contribution is -2.39. The Morgan fingerprint density at radius 2 is 2.29 bits per heavy atom. The first kappa shape index (κ1) is 15.9. The van der Waals surface area contributed by atoms with Crippen molar-refractivity contribution in [2.75, 3.05) is 26.7 Å². The fourth-order valence-electron chi connectivity index (χ4n) is 1.81. The fraction of sp³-hybridized carbons (Fsp3) is 0.429. The van der Waals surface area contributed by atoms with Crippen LogP contribution in [0.3, 0.4) is 0 Å². The first-order chi connectivity index (χ1) is 10.1. The van der Waals surface area contributed by atoms with E-state index < -0.39 is 0 Å². The quantitative estimate of drug-likeness (QED) is 0.857. The van der Waals surface area contributed by atoms with Gasteiger partial charge in [-0.2, -0.15) is 0 Å². The van der Waals surface area contributed by atoms with Crippen LogP contribution >= 0.6 is 22.7 Å². The van der Waals surface area contributed by atoms with E-state index in [-0.39, 0.29) is 12.6 Å². The highest BCUT2D eigenvalue weighted by molar-refractivity contribution is 7.16. The molecule has 21 heavy (non-hydrogen) atoms. The lowest BCUT2D eigenvalue weighted by atomic mass is 10.3. The molecule has 2 heterocycles. The number of likely N-dealkylation sites (N-methyl/N-ethyl adjacent to an activating group) is 1. The van der Waals surface area contributed by atoms with Gasteiger partial charge < -0.3 is 15.3 Å². The normalized spacial score (nSPS) is 10.6. The van der Waals surface area contributed by atoms with Crippen LogP contribution in [0.1, 0.15) is 9.88 Å². The molecule has 0 aromatic carbocycles. The lowest BCUT2D eigenvalue weighted by Gasteiger charge is -2.16. The van der Waals surface area contributed by atoms with Gasteiger partial charge in [0.15, 0.2) is 0 Å². The molecule has 0 aliphatic heterocycles. The number of aliphatic hydroxyl groups excluding tert-OH is 1. The summed E-state index contributed by atoms with van der Waals surface area (Å²) in [4.78, 5) is 20.0. The molecule has 7 heteroatoms. The minimum Gasteiger partial charge on any atom is -0.395 e. The Labute approximate surface area is 132 Å². The number of aromatic nitrogens is 1. The highest BCUT2D eigenvalue weighted by Crippen LogP contribution is 2.29. The van der Waals surface area contributed by atoms with Crippen molar-refractivity contribution in [3.05, 3.63) is 27.4 Å². The van der Waals surface area contributed by atoms with Gasteiger partial charge in [0.2, 0.25) is 0 Å². The Bertz CT molecular complexity index is 595. The largest absolute Gasteiger partial charge is 0.395 e. The molecule has 0 aliphatic carbocycles. The number of hydrogen-bond donors (Lipinski definition) is 2. The smallest absolute Gasteiger partial charge is 0.317 e. The number of aliphatic hydroxyl groups is 1. The van der Waals surface area contributed by atoms with E-state index in [4.69, 9.17) is 5.11 Å². The summed E-state index contributed by atoms with van der Waals surface area (Å²) in [6.45, 7) is 2.91. The van der Waals surface area contributed by atoms with Gasteiger partial charge >= 0.3 is 6.03 Å². The second-order valence-corrected chi connectivity index (χ2v) is 6.88. The van der Waals surface area contributed by atoms with Gasteiger partial charge in [0.25, 0.3) is 0 Å². The monoisotopic (exact) mass is 325 g/mol. The molecule has 2 amide bonds. The molecule has 2 N–H and O–H groups in total. The van der Waals surface area contributed by atoms with E-state index in [0.717, 1.165) is 22.0 Å². The molecule has 0 saturated heterocycles. The second kappa shape index (κ2) is 7.53. The van der Waals surface area contributed by atoms with Crippen LogP contribution in [0, 0.1) is 6.92 Å². The molecular weight excluding hydrogens is 306 g/mol. The molecule has 0 radical (unpaired) electrons. The third-order valence-corrected chi connectivity index (χ3v) is 4.90. The van der Waals surface area contributed by atoms with Crippen LogP contribution in [0.15, 0.2) is 17.5 Å². The highest BCUT2D eigenvalue weighted by Gasteiger charge is 2.08. The van der Waals surface area contributed by atoms with Gasteiger partial charge in [-0.25, -0.2) is 9.78 Å². The van der Waals surface area contributed by atoms with Gasteiger partial charge in [-0.1, -0.05) is 0 Å². The van der Waals surface area contributed by atoms with Crippen LogP contribution in [0.5, 0.6) is 0 Å². The van der Waals surface area contributed by atoms with E-state index in [0.29, 0.717) is 13.1 Å².